The van der Waals surface area contributed by atoms with Gasteiger partial charge in [-0.05, 0) is 0 Å². The van der Waals surface area contributed by atoms with E-state index >= 15 is 0 Å². The quantitative estimate of drug-likeness (QED) is 0.684. The Kier molecular flexibility index (Phi) is 6.35. The van der Waals surface area contributed by atoms with Crippen molar-refractivity contribution in [3.05, 3.63) is 19.0 Å². The maximum absolute atomic E-state index is 8.70. The number of nitrogens with one attached hydrogen (secondary N) is 1. The van der Waals surface area contributed by atoms with Gasteiger partial charge in [0.15, 0.2) is 11.6 Å². The lowest BCUT2D eigenvalue weighted by atomic mass is 10.3. The fourth-order valence-electron chi connectivity index (χ4n) is 1.64. The minimum atomic E-state index is 0.338. The smallest absolute Gasteiger partial charge is 0.157 e. The molecule has 0 spiro atoms. The molecular weight excluding hydrogens is 254 g/mol. The lowest BCUT2D eigenvalue weighted by molar-refractivity contribution is 0.781. The first-order valence-corrected chi connectivity index (χ1v) is 6.18. The van der Waals surface area contributed by atoms with Crippen molar-refractivity contribution in [2.75, 3.05) is 35.6 Å². The average molecular weight is 271 g/mol. The first-order chi connectivity index (χ1) is 9.74. The summed E-state index contributed by atoms with van der Waals surface area (Å²) in [5.41, 5.74) is 6.45. The summed E-state index contributed by atoms with van der Waals surface area (Å²) in [4.78, 5) is 10.0. The molecule has 0 saturated heterocycles. The molecular formula is C13H17N7. The van der Waals surface area contributed by atoms with Crippen LogP contribution in [0.3, 0.4) is 0 Å². The average Bonchev–Trinajstić information content (AvgIpc) is 2.47. The van der Waals surface area contributed by atoms with Crippen LogP contribution in [-0.4, -0.2) is 29.6 Å². The number of rotatable bonds is 8. The van der Waals surface area contributed by atoms with E-state index in [0.717, 1.165) is 0 Å². The van der Waals surface area contributed by atoms with Gasteiger partial charge < -0.3 is 16.0 Å². The number of hydrogen-bond acceptors (Lipinski definition) is 7. The third-order valence-electron chi connectivity index (χ3n) is 2.56. The largest absolute Gasteiger partial charge is 0.393 e. The Balaban J connectivity index is 2.97. The summed E-state index contributed by atoms with van der Waals surface area (Å²) in [6.07, 6.45) is 3.78. The molecule has 7 heteroatoms. The molecule has 0 atom stereocenters. The number of nitriles is 2. The lowest BCUT2D eigenvalue weighted by Gasteiger charge is -2.23. The van der Waals surface area contributed by atoms with E-state index < -0.39 is 0 Å². The van der Waals surface area contributed by atoms with Crippen LogP contribution in [0.4, 0.5) is 17.3 Å². The Morgan fingerprint density at radius 3 is 2.50 bits per heavy atom. The topological polar surface area (TPSA) is 115 Å². The highest BCUT2D eigenvalue weighted by molar-refractivity contribution is 5.75. The Labute approximate surface area is 118 Å². The van der Waals surface area contributed by atoms with Gasteiger partial charge in [-0.15, -0.1) is 6.58 Å². The number of nitrogens with zero attached hydrogens (tertiary/aromatic N) is 5. The standard InChI is InChI=1S/C13H17N7/c1-2-7-17-12-11(16)13(19-10-18-12)20(8-3-5-14)9-4-6-15/h2,10H,1,3-4,7-9,16H2,(H,17,18,19). The van der Waals surface area contributed by atoms with Crippen LogP contribution in [-0.2, 0) is 0 Å². The Morgan fingerprint density at radius 1 is 1.30 bits per heavy atom. The number of nitrogens with two attached hydrogens (primary N) is 1. The zero-order chi connectivity index (χ0) is 14.8. The molecule has 3 N–H and O–H groups in total. The number of anilines is 3. The molecule has 0 aliphatic rings. The highest BCUT2D eigenvalue weighted by atomic mass is 15.2. The molecule has 20 heavy (non-hydrogen) atoms. The summed E-state index contributed by atoms with van der Waals surface area (Å²) >= 11 is 0. The SMILES string of the molecule is C=CCNc1ncnc(N(CCC#N)CCC#N)c1N. The van der Waals surface area contributed by atoms with Gasteiger partial charge in [-0.3, -0.25) is 0 Å². The summed E-state index contributed by atoms with van der Waals surface area (Å²) in [6.45, 7) is 5.10. The molecule has 1 heterocycles. The van der Waals surface area contributed by atoms with Gasteiger partial charge in [-0.1, -0.05) is 6.08 Å². The molecule has 7 nitrogen and oxygen atoms in total. The molecule has 0 bridgehead atoms. The summed E-state index contributed by atoms with van der Waals surface area (Å²) < 4.78 is 0. The third kappa shape index (κ3) is 4.14. The van der Waals surface area contributed by atoms with Crippen molar-refractivity contribution >= 4 is 17.3 Å². The first kappa shape index (κ1) is 15.3. The second kappa shape index (κ2) is 8.33. The minimum absolute atomic E-state index is 0.338. The highest BCUT2D eigenvalue weighted by Crippen LogP contribution is 2.26. The summed E-state index contributed by atoms with van der Waals surface area (Å²) in [5, 5.41) is 20.4. The van der Waals surface area contributed by atoms with Gasteiger partial charge in [0.25, 0.3) is 0 Å². The number of nitrogen functional groups attached to an aromatic ring is 1. The van der Waals surface area contributed by atoms with Gasteiger partial charge in [0.05, 0.1) is 25.0 Å². The minimum Gasteiger partial charge on any atom is -0.393 e. The van der Waals surface area contributed by atoms with E-state index in [2.05, 4.69) is 34.0 Å². The van der Waals surface area contributed by atoms with Gasteiger partial charge in [-0.25, -0.2) is 9.97 Å². The zero-order valence-corrected chi connectivity index (χ0v) is 11.2. The van der Waals surface area contributed by atoms with E-state index in [0.29, 0.717) is 49.8 Å². The van der Waals surface area contributed by atoms with Crippen molar-refractivity contribution in [1.82, 2.24) is 9.97 Å². The lowest BCUT2D eigenvalue weighted by Crippen LogP contribution is -2.27. The van der Waals surface area contributed by atoms with Crippen LogP contribution in [0.25, 0.3) is 0 Å². The predicted octanol–water partition coefficient (Wildman–Crippen LogP) is 1.29. The normalized spacial score (nSPS) is 9.30. The van der Waals surface area contributed by atoms with Gasteiger partial charge in [0, 0.05) is 19.6 Å². The van der Waals surface area contributed by atoms with Crippen LogP contribution >= 0.6 is 0 Å². The molecule has 1 rings (SSSR count). The maximum atomic E-state index is 8.70. The molecule has 0 unspecified atom stereocenters. The Morgan fingerprint density at radius 2 is 1.95 bits per heavy atom. The number of hydrogen-bond donors (Lipinski definition) is 2. The molecule has 0 aliphatic heterocycles. The van der Waals surface area contributed by atoms with E-state index in [1.165, 1.54) is 6.33 Å². The van der Waals surface area contributed by atoms with E-state index in [1.54, 1.807) is 6.08 Å². The van der Waals surface area contributed by atoms with Crippen molar-refractivity contribution in [2.45, 2.75) is 12.8 Å². The molecule has 0 fully saturated rings. The van der Waals surface area contributed by atoms with Crippen LogP contribution in [0.5, 0.6) is 0 Å². The summed E-state index contributed by atoms with van der Waals surface area (Å²) in [6, 6.07) is 4.15. The predicted molar refractivity (Wildman–Crippen MR) is 77.8 cm³/mol. The zero-order valence-electron chi connectivity index (χ0n) is 11.2. The molecule has 0 saturated carbocycles. The van der Waals surface area contributed by atoms with Gasteiger partial charge in [0.1, 0.15) is 12.0 Å². The third-order valence-corrected chi connectivity index (χ3v) is 2.56. The molecule has 0 radical (unpaired) electrons. The van der Waals surface area contributed by atoms with Crippen molar-refractivity contribution < 1.29 is 0 Å². The van der Waals surface area contributed by atoms with Crippen molar-refractivity contribution in [1.29, 1.82) is 10.5 Å². The molecule has 0 aromatic carbocycles. The molecule has 1 aromatic rings. The molecule has 104 valence electrons. The van der Waals surface area contributed by atoms with E-state index in [4.69, 9.17) is 16.3 Å². The number of aromatic nitrogens is 2. The van der Waals surface area contributed by atoms with Crippen LogP contribution in [0.2, 0.25) is 0 Å². The van der Waals surface area contributed by atoms with Gasteiger partial charge >= 0.3 is 0 Å². The maximum Gasteiger partial charge on any atom is 0.157 e. The summed E-state index contributed by atoms with van der Waals surface area (Å²) in [5.74, 6) is 1.06. The van der Waals surface area contributed by atoms with E-state index in [1.807, 2.05) is 4.90 Å². The first-order valence-electron chi connectivity index (χ1n) is 6.18. The Bertz CT molecular complexity index is 509. The second-order valence-corrected chi connectivity index (χ2v) is 3.93. The van der Waals surface area contributed by atoms with Crippen molar-refractivity contribution in [2.24, 2.45) is 0 Å². The van der Waals surface area contributed by atoms with Crippen molar-refractivity contribution in [3.63, 3.8) is 0 Å². The fraction of sp³-hybridized carbons (Fsp3) is 0.385. The monoisotopic (exact) mass is 271 g/mol. The van der Waals surface area contributed by atoms with E-state index in [-0.39, 0.29) is 0 Å². The van der Waals surface area contributed by atoms with E-state index in [9.17, 15) is 0 Å². The van der Waals surface area contributed by atoms with Gasteiger partial charge in [0.2, 0.25) is 0 Å². The highest BCUT2D eigenvalue weighted by Gasteiger charge is 2.14. The van der Waals surface area contributed by atoms with Crippen LogP contribution in [0.1, 0.15) is 12.8 Å². The van der Waals surface area contributed by atoms with Crippen LogP contribution in [0, 0.1) is 22.7 Å². The van der Waals surface area contributed by atoms with Crippen molar-refractivity contribution in [3.8, 4) is 12.1 Å². The van der Waals surface area contributed by atoms with Crippen LogP contribution in [0.15, 0.2) is 19.0 Å². The fourth-order valence-corrected chi connectivity index (χ4v) is 1.64. The van der Waals surface area contributed by atoms with Gasteiger partial charge in [-0.2, -0.15) is 10.5 Å². The molecule has 0 amide bonds. The second-order valence-electron chi connectivity index (χ2n) is 3.93. The van der Waals surface area contributed by atoms with Crippen LogP contribution < -0.4 is 16.0 Å². The Hall–Kier alpha value is -2.80. The molecule has 0 aliphatic carbocycles. The molecule has 1 aromatic heterocycles. The summed E-state index contributed by atoms with van der Waals surface area (Å²) in [7, 11) is 0.